The monoisotopic (exact) mass is 796 g/mol. The number of carbonyl (C=O) groups is 4. The maximum absolute atomic E-state index is 11.6. The molecule has 0 N–H and O–H groups in total. The van der Waals surface area contributed by atoms with Crippen molar-refractivity contribution in [2.45, 2.75) is 91.4 Å². The van der Waals surface area contributed by atoms with Crippen LogP contribution in [0.25, 0.3) is 0 Å². The molecule has 0 aromatic heterocycles. The molecule has 0 bridgehead atoms. The second-order valence-electron chi connectivity index (χ2n) is 12.6. The van der Waals surface area contributed by atoms with Crippen molar-refractivity contribution in [3.63, 3.8) is 0 Å². The van der Waals surface area contributed by atoms with Crippen molar-refractivity contribution < 1.29 is 66.5 Å². The van der Waals surface area contributed by atoms with Gasteiger partial charge >= 0.3 is 23.9 Å². The molecule has 56 heavy (non-hydrogen) atoms. The molecular weight excluding hydrogens is 728 g/mol. The van der Waals surface area contributed by atoms with Gasteiger partial charge in [-0.15, -0.1) is 0 Å². The van der Waals surface area contributed by atoms with Crippen LogP contribution in [0.5, 0.6) is 11.5 Å². The highest BCUT2D eigenvalue weighted by atomic mass is 16.6. The van der Waals surface area contributed by atoms with E-state index in [9.17, 15) is 19.2 Å². The van der Waals surface area contributed by atoms with Crippen LogP contribution in [0, 0.1) is 0 Å². The van der Waals surface area contributed by atoms with E-state index >= 15 is 0 Å². The minimum absolute atomic E-state index is 0.239. The SMILES string of the molecule is C=C(C)C(=O)OCCCCC(=O)OCCOCCCCOC.C=C(C)C(=O)OCCCCC(=O)OCCOCCCCOCCOc1ccc(OCCC)cc1. The first-order valence-electron chi connectivity index (χ1n) is 19.6. The van der Waals surface area contributed by atoms with Crippen LogP contribution >= 0.6 is 0 Å². The molecule has 0 aliphatic rings. The Bertz CT molecular complexity index is 1180. The number of hydrogen-bond donors (Lipinski definition) is 0. The van der Waals surface area contributed by atoms with E-state index in [1.54, 1.807) is 21.0 Å². The molecule has 0 radical (unpaired) electrons. The maximum Gasteiger partial charge on any atom is 0.333 e. The molecule has 0 atom stereocenters. The predicted octanol–water partition coefficient (Wildman–Crippen LogP) is 6.76. The highest BCUT2D eigenvalue weighted by Gasteiger charge is 2.07. The summed E-state index contributed by atoms with van der Waals surface area (Å²) in [6.07, 6.45) is 7.73. The first kappa shape index (κ1) is 52.0. The minimum Gasteiger partial charge on any atom is -0.494 e. The number of unbranched alkanes of at least 4 members (excludes halogenated alkanes) is 4. The fourth-order valence-corrected chi connectivity index (χ4v) is 4.13. The lowest BCUT2D eigenvalue weighted by molar-refractivity contribution is -0.146. The van der Waals surface area contributed by atoms with Gasteiger partial charge in [0.05, 0.1) is 39.6 Å². The van der Waals surface area contributed by atoms with E-state index in [1.165, 1.54) is 0 Å². The molecule has 0 heterocycles. The highest BCUT2D eigenvalue weighted by molar-refractivity contribution is 5.87. The topological polar surface area (TPSA) is 161 Å². The third-order valence-electron chi connectivity index (χ3n) is 7.20. The number of hydrogen-bond acceptors (Lipinski definition) is 14. The lowest BCUT2D eigenvalue weighted by Gasteiger charge is -2.09. The van der Waals surface area contributed by atoms with Crippen LogP contribution in [0.15, 0.2) is 48.6 Å². The average molecular weight is 797 g/mol. The van der Waals surface area contributed by atoms with Gasteiger partial charge in [-0.3, -0.25) is 9.59 Å². The number of benzene rings is 1. The Morgan fingerprint density at radius 2 is 0.839 bits per heavy atom. The molecule has 320 valence electrons. The Morgan fingerprint density at radius 3 is 1.23 bits per heavy atom. The number of esters is 4. The third-order valence-corrected chi connectivity index (χ3v) is 7.20. The summed E-state index contributed by atoms with van der Waals surface area (Å²) < 4.78 is 52.5. The third kappa shape index (κ3) is 34.5. The van der Waals surface area contributed by atoms with Crippen molar-refractivity contribution in [2.75, 3.05) is 93.0 Å². The summed E-state index contributed by atoms with van der Waals surface area (Å²) in [4.78, 5) is 45.3. The summed E-state index contributed by atoms with van der Waals surface area (Å²) in [6.45, 7) is 18.5. The Hall–Kier alpha value is -3.98. The minimum atomic E-state index is -0.407. The summed E-state index contributed by atoms with van der Waals surface area (Å²) in [6, 6.07) is 7.59. The fourth-order valence-electron chi connectivity index (χ4n) is 4.13. The molecule has 0 fully saturated rings. The van der Waals surface area contributed by atoms with Gasteiger partial charge in [-0.2, -0.15) is 0 Å². The molecule has 1 aromatic carbocycles. The Labute approximate surface area is 334 Å². The summed E-state index contributed by atoms with van der Waals surface area (Å²) in [5.41, 5.74) is 0.745. The fraction of sp³-hybridized carbons (Fsp3) is 0.667. The highest BCUT2D eigenvalue weighted by Crippen LogP contribution is 2.17. The van der Waals surface area contributed by atoms with Crippen LogP contribution in [0.4, 0.5) is 0 Å². The zero-order chi connectivity index (χ0) is 41.5. The second kappa shape index (κ2) is 37.9. The number of ether oxygens (including phenoxy) is 10. The quantitative estimate of drug-likeness (QED) is 0.0307. The van der Waals surface area contributed by atoms with Crippen molar-refractivity contribution in [2.24, 2.45) is 0 Å². The van der Waals surface area contributed by atoms with Crippen LogP contribution < -0.4 is 9.47 Å². The van der Waals surface area contributed by atoms with Crippen LogP contribution in [0.1, 0.15) is 91.4 Å². The maximum atomic E-state index is 11.6. The number of carbonyl (C=O) groups excluding carboxylic acids is 4. The van der Waals surface area contributed by atoms with Gasteiger partial charge in [0, 0.05) is 57.5 Å². The zero-order valence-electron chi connectivity index (χ0n) is 34.4. The largest absolute Gasteiger partial charge is 0.494 e. The first-order valence-corrected chi connectivity index (χ1v) is 19.6. The molecule has 1 aromatic rings. The van der Waals surface area contributed by atoms with Crippen molar-refractivity contribution in [3.05, 3.63) is 48.6 Å². The van der Waals surface area contributed by atoms with Gasteiger partial charge < -0.3 is 47.4 Å². The van der Waals surface area contributed by atoms with Crippen molar-refractivity contribution in [1.29, 1.82) is 0 Å². The molecule has 0 saturated heterocycles. The molecule has 0 amide bonds. The molecule has 0 aliphatic heterocycles. The van der Waals surface area contributed by atoms with Gasteiger partial charge in [-0.25, -0.2) is 9.59 Å². The lowest BCUT2D eigenvalue weighted by Crippen LogP contribution is -2.12. The van der Waals surface area contributed by atoms with Gasteiger partial charge in [0.15, 0.2) is 0 Å². The van der Waals surface area contributed by atoms with Crippen LogP contribution in [0.3, 0.4) is 0 Å². The van der Waals surface area contributed by atoms with Crippen molar-refractivity contribution in [3.8, 4) is 11.5 Å². The van der Waals surface area contributed by atoms with Crippen LogP contribution in [-0.4, -0.2) is 117 Å². The van der Waals surface area contributed by atoms with Crippen molar-refractivity contribution >= 4 is 23.9 Å². The van der Waals surface area contributed by atoms with E-state index in [1.807, 2.05) is 24.3 Å². The first-order chi connectivity index (χ1) is 27.1. The average Bonchev–Trinajstić information content (AvgIpc) is 3.18. The van der Waals surface area contributed by atoms with Gasteiger partial charge in [-0.05, 0) is 95.9 Å². The van der Waals surface area contributed by atoms with Crippen LogP contribution in [0.2, 0.25) is 0 Å². The smallest absolute Gasteiger partial charge is 0.333 e. The molecule has 0 unspecified atom stereocenters. The molecule has 0 saturated carbocycles. The van der Waals surface area contributed by atoms with E-state index < -0.39 is 11.9 Å². The molecule has 14 nitrogen and oxygen atoms in total. The van der Waals surface area contributed by atoms with Crippen molar-refractivity contribution in [1.82, 2.24) is 0 Å². The Morgan fingerprint density at radius 1 is 0.464 bits per heavy atom. The molecule has 14 heteroatoms. The molecule has 0 aliphatic carbocycles. The standard InChI is InChI=1S/C26H40O8.C16H28O6/c1-4-14-31-23-10-12-24(13-11-23)32-20-18-29-15-7-8-16-30-19-21-33-25(27)9-5-6-17-34-26(28)22(2)3;1-14(2)16(18)22-11-5-4-8-15(17)21-13-12-20-10-7-6-9-19-3/h10-13H,2,4-9,14-21H2,1,3H3;1,4-13H2,2-3H3. The number of methoxy groups -OCH3 is 1. The van der Waals surface area contributed by atoms with Gasteiger partial charge in [0.2, 0.25) is 0 Å². The molecular formula is C42H68O14. The van der Waals surface area contributed by atoms with E-state index in [-0.39, 0.29) is 31.8 Å². The Balaban J connectivity index is 0.00000119. The lowest BCUT2D eigenvalue weighted by atomic mass is 10.2. The second-order valence-corrected chi connectivity index (χ2v) is 12.6. The van der Waals surface area contributed by atoms with Gasteiger partial charge in [0.1, 0.15) is 31.3 Å². The molecule has 1 rings (SSSR count). The van der Waals surface area contributed by atoms with E-state index in [0.29, 0.717) is 109 Å². The van der Waals surface area contributed by atoms with E-state index in [2.05, 4.69) is 20.1 Å². The predicted molar refractivity (Wildman–Crippen MR) is 212 cm³/mol. The normalized spacial score (nSPS) is 10.4. The molecule has 0 spiro atoms. The van der Waals surface area contributed by atoms with E-state index in [0.717, 1.165) is 50.2 Å². The van der Waals surface area contributed by atoms with Crippen LogP contribution in [-0.2, 0) is 57.1 Å². The van der Waals surface area contributed by atoms with Gasteiger partial charge in [-0.1, -0.05) is 20.1 Å². The Kier molecular flexibility index (Phi) is 35.2. The van der Waals surface area contributed by atoms with E-state index in [4.69, 9.17) is 47.4 Å². The number of rotatable bonds is 35. The van der Waals surface area contributed by atoms with Gasteiger partial charge in [0.25, 0.3) is 0 Å². The summed E-state index contributed by atoms with van der Waals surface area (Å²) in [5, 5.41) is 0. The summed E-state index contributed by atoms with van der Waals surface area (Å²) in [5.74, 6) is 0.313. The summed E-state index contributed by atoms with van der Waals surface area (Å²) >= 11 is 0. The zero-order valence-corrected chi connectivity index (χ0v) is 34.4. The summed E-state index contributed by atoms with van der Waals surface area (Å²) in [7, 11) is 1.67.